The van der Waals surface area contributed by atoms with Crippen molar-refractivity contribution in [2.75, 3.05) is 5.75 Å². The summed E-state index contributed by atoms with van der Waals surface area (Å²) in [6, 6.07) is 2.25. The van der Waals surface area contributed by atoms with Crippen LogP contribution in [0.5, 0.6) is 0 Å². The summed E-state index contributed by atoms with van der Waals surface area (Å²) in [6.45, 7) is 8.42. The highest BCUT2D eigenvalue weighted by Crippen LogP contribution is 2.30. The summed E-state index contributed by atoms with van der Waals surface area (Å²) in [5, 5.41) is 10.1. The van der Waals surface area contributed by atoms with Crippen LogP contribution in [0.25, 0.3) is 0 Å². The fraction of sp³-hybridized carbons (Fsp3) is 0.636. The largest absolute Gasteiger partial charge is 0.243 e. The maximum Gasteiger partial charge on any atom is 0.128 e. The van der Waals surface area contributed by atoms with Gasteiger partial charge in [-0.15, -0.1) is 11.3 Å². The van der Waals surface area contributed by atoms with E-state index in [1.54, 1.807) is 0 Å². The van der Waals surface area contributed by atoms with Crippen molar-refractivity contribution in [1.82, 2.24) is 4.98 Å². The van der Waals surface area contributed by atoms with Crippen LogP contribution < -0.4 is 0 Å². The van der Waals surface area contributed by atoms with Gasteiger partial charge in [-0.3, -0.25) is 0 Å². The van der Waals surface area contributed by atoms with Crippen LogP contribution in [0.1, 0.15) is 43.3 Å². The molecule has 82 valence electrons. The highest BCUT2D eigenvalue weighted by molar-refractivity contribution is 7.98. The Labute approximate surface area is 99.7 Å². The van der Waals surface area contributed by atoms with E-state index in [4.69, 9.17) is 5.26 Å². The van der Waals surface area contributed by atoms with Crippen LogP contribution in [0.4, 0.5) is 0 Å². The van der Waals surface area contributed by atoms with E-state index in [-0.39, 0.29) is 5.41 Å². The summed E-state index contributed by atoms with van der Waals surface area (Å²) >= 11 is 3.38. The number of nitriles is 1. The number of thiazole rings is 1. The third-order valence-corrected chi connectivity index (χ3v) is 3.94. The van der Waals surface area contributed by atoms with E-state index in [1.165, 1.54) is 11.3 Å². The van der Waals surface area contributed by atoms with Crippen LogP contribution in [0.2, 0.25) is 0 Å². The zero-order valence-electron chi connectivity index (χ0n) is 9.63. The maximum atomic E-state index is 9.03. The van der Waals surface area contributed by atoms with E-state index in [0.29, 0.717) is 0 Å². The average Bonchev–Trinajstić information content (AvgIpc) is 2.57. The average molecular weight is 240 g/mol. The summed E-state index contributed by atoms with van der Waals surface area (Å²) in [4.78, 5) is 5.34. The molecule has 1 rings (SSSR count). The minimum absolute atomic E-state index is 0.0311. The van der Waals surface area contributed by atoms with Crippen molar-refractivity contribution in [3.8, 4) is 6.07 Å². The summed E-state index contributed by atoms with van der Waals surface area (Å²) in [5.74, 6) is 2.01. The molecule has 0 fully saturated rings. The minimum atomic E-state index is -0.0311. The summed E-state index contributed by atoms with van der Waals surface area (Å²) in [6.07, 6.45) is 0. The van der Waals surface area contributed by atoms with Gasteiger partial charge in [-0.1, -0.05) is 27.7 Å². The Kier molecular flexibility index (Phi) is 4.18. The van der Waals surface area contributed by atoms with Gasteiger partial charge >= 0.3 is 0 Å². The van der Waals surface area contributed by atoms with Crippen molar-refractivity contribution < 1.29 is 0 Å². The molecule has 2 nitrogen and oxygen atoms in total. The molecule has 0 aliphatic rings. The molecule has 15 heavy (non-hydrogen) atoms. The third kappa shape index (κ3) is 3.22. The van der Waals surface area contributed by atoms with E-state index in [2.05, 4.69) is 38.7 Å². The molecule has 0 bridgehead atoms. The van der Waals surface area contributed by atoms with Crippen LogP contribution in [-0.4, -0.2) is 10.7 Å². The Bertz CT molecular complexity index is 369. The van der Waals surface area contributed by atoms with Crippen LogP contribution in [0.15, 0.2) is 0 Å². The van der Waals surface area contributed by atoms with Crippen molar-refractivity contribution in [2.24, 2.45) is 0 Å². The Morgan fingerprint density at radius 3 is 2.53 bits per heavy atom. The molecule has 0 radical (unpaired) electrons. The van der Waals surface area contributed by atoms with E-state index < -0.39 is 0 Å². The first-order valence-electron chi connectivity index (χ1n) is 4.97. The second kappa shape index (κ2) is 5.00. The Morgan fingerprint density at radius 2 is 2.13 bits per heavy atom. The van der Waals surface area contributed by atoms with E-state index in [9.17, 15) is 0 Å². The van der Waals surface area contributed by atoms with Crippen LogP contribution in [-0.2, 0) is 11.2 Å². The van der Waals surface area contributed by atoms with E-state index >= 15 is 0 Å². The van der Waals surface area contributed by atoms with Crippen molar-refractivity contribution in [1.29, 1.82) is 5.26 Å². The fourth-order valence-corrected chi connectivity index (χ4v) is 3.00. The highest BCUT2D eigenvalue weighted by Gasteiger charge is 2.22. The Balaban J connectivity index is 2.97. The zero-order valence-corrected chi connectivity index (χ0v) is 11.3. The lowest BCUT2D eigenvalue weighted by molar-refractivity contribution is 0.570. The van der Waals surface area contributed by atoms with Crippen LogP contribution in [0, 0.1) is 11.3 Å². The van der Waals surface area contributed by atoms with Gasteiger partial charge in [-0.05, 0) is 5.75 Å². The lowest BCUT2D eigenvalue weighted by Crippen LogP contribution is -2.13. The predicted molar refractivity (Wildman–Crippen MR) is 67.4 cm³/mol. The summed E-state index contributed by atoms with van der Waals surface area (Å²) in [5.41, 5.74) is 0.915. The topological polar surface area (TPSA) is 36.7 Å². The van der Waals surface area contributed by atoms with Gasteiger partial charge in [0.25, 0.3) is 0 Å². The number of rotatable bonds is 3. The number of hydrogen-bond acceptors (Lipinski definition) is 4. The van der Waals surface area contributed by atoms with Crippen molar-refractivity contribution in [3.63, 3.8) is 0 Å². The summed E-state index contributed by atoms with van der Waals surface area (Å²) < 4.78 is 0. The molecule has 0 spiro atoms. The number of hydrogen-bond donors (Lipinski definition) is 0. The SMILES string of the molecule is CCSCc1nc(C(C)(C)C)c(C#N)s1. The second-order valence-corrected chi connectivity index (χ2v) is 6.64. The molecule has 0 saturated carbocycles. The minimum Gasteiger partial charge on any atom is -0.243 e. The van der Waals surface area contributed by atoms with Gasteiger partial charge in [0.2, 0.25) is 0 Å². The molecule has 0 aliphatic carbocycles. The van der Waals surface area contributed by atoms with E-state index in [0.717, 1.165) is 27.1 Å². The smallest absolute Gasteiger partial charge is 0.128 e. The third-order valence-electron chi connectivity index (χ3n) is 1.91. The van der Waals surface area contributed by atoms with Gasteiger partial charge in [0.1, 0.15) is 16.0 Å². The highest BCUT2D eigenvalue weighted by atomic mass is 32.2. The Morgan fingerprint density at radius 1 is 1.47 bits per heavy atom. The van der Waals surface area contributed by atoms with Gasteiger partial charge in [0.15, 0.2) is 0 Å². The number of thioether (sulfide) groups is 1. The molecule has 0 aliphatic heterocycles. The first-order chi connectivity index (χ1) is 6.99. The molecular weight excluding hydrogens is 224 g/mol. The van der Waals surface area contributed by atoms with Crippen molar-refractivity contribution >= 4 is 23.1 Å². The monoisotopic (exact) mass is 240 g/mol. The molecule has 1 aromatic heterocycles. The standard InChI is InChI=1S/C11H16N2S2/c1-5-14-7-9-13-10(11(2,3)4)8(6-12)15-9/h5,7H2,1-4H3. The first-order valence-corrected chi connectivity index (χ1v) is 6.94. The van der Waals surface area contributed by atoms with Crippen molar-refractivity contribution in [3.05, 3.63) is 15.6 Å². The second-order valence-electron chi connectivity index (χ2n) is 4.28. The van der Waals surface area contributed by atoms with E-state index in [1.807, 2.05) is 11.8 Å². The van der Waals surface area contributed by atoms with Crippen LogP contribution in [0.3, 0.4) is 0 Å². The van der Waals surface area contributed by atoms with Gasteiger partial charge in [-0.2, -0.15) is 17.0 Å². The molecule has 4 heteroatoms. The first kappa shape index (κ1) is 12.5. The van der Waals surface area contributed by atoms with Gasteiger partial charge in [0.05, 0.1) is 5.69 Å². The lowest BCUT2D eigenvalue weighted by Gasteiger charge is -2.15. The predicted octanol–water partition coefficient (Wildman–Crippen LogP) is 3.57. The van der Waals surface area contributed by atoms with Gasteiger partial charge in [0, 0.05) is 11.2 Å². The number of nitrogens with zero attached hydrogens (tertiary/aromatic N) is 2. The molecule has 0 atom stereocenters. The van der Waals surface area contributed by atoms with Gasteiger partial charge in [-0.25, -0.2) is 4.98 Å². The van der Waals surface area contributed by atoms with Crippen LogP contribution >= 0.6 is 23.1 Å². The quantitative estimate of drug-likeness (QED) is 0.810. The summed E-state index contributed by atoms with van der Waals surface area (Å²) in [7, 11) is 0. The number of aromatic nitrogens is 1. The molecule has 1 heterocycles. The zero-order chi connectivity index (χ0) is 11.5. The Hall–Kier alpha value is -0.530. The van der Waals surface area contributed by atoms with Gasteiger partial charge < -0.3 is 0 Å². The van der Waals surface area contributed by atoms with Crippen molar-refractivity contribution in [2.45, 2.75) is 38.9 Å². The molecule has 1 aromatic rings. The molecule has 0 unspecified atom stereocenters. The molecule has 0 amide bonds. The fourth-order valence-electron chi connectivity index (χ4n) is 1.20. The molecular formula is C11H16N2S2. The lowest BCUT2D eigenvalue weighted by atomic mass is 9.91. The normalized spacial score (nSPS) is 11.4. The maximum absolute atomic E-state index is 9.03. The molecule has 0 N–H and O–H groups in total. The molecule has 0 aromatic carbocycles. The molecule has 0 saturated heterocycles.